The maximum absolute atomic E-state index is 5.85. The van der Waals surface area contributed by atoms with E-state index in [0.717, 1.165) is 31.8 Å². The zero-order valence-electron chi connectivity index (χ0n) is 12.8. The molecule has 0 spiro atoms. The summed E-state index contributed by atoms with van der Waals surface area (Å²) in [6.07, 6.45) is 1.15. The molecule has 0 saturated heterocycles. The summed E-state index contributed by atoms with van der Waals surface area (Å²) in [5.74, 6) is 0.967. The second-order valence-corrected chi connectivity index (χ2v) is 5.89. The van der Waals surface area contributed by atoms with E-state index < -0.39 is 0 Å². The van der Waals surface area contributed by atoms with Gasteiger partial charge >= 0.3 is 0 Å². The van der Waals surface area contributed by atoms with Gasteiger partial charge in [-0.15, -0.1) is 0 Å². The average molecular weight is 264 g/mol. The van der Waals surface area contributed by atoms with Crippen molar-refractivity contribution in [3.63, 3.8) is 0 Å². The highest BCUT2D eigenvalue weighted by atomic mass is 16.5. The molecule has 3 heteroatoms. The second-order valence-electron chi connectivity index (χ2n) is 5.89. The fourth-order valence-corrected chi connectivity index (χ4v) is 2.27. The number of ether oxygens (including phenoxy) is 1. The second kappa shape index (κ2) is 7.51. The molecule has 0 heterocycles. The number of para-hydroxylation sites is 1. The summed E-state index contributed by atoms with van der Waals surface area (Å²) < 4.78 is 5.43. The normalized spacial score (nSPS) is 11.9. The minimum absolute atomic E-state index is 0.150. The van der Waals surface area contributed by atoms with E-state index >= 15 is 0 Å². The van der Waals surface area contributed by atoms with Crippen LogP contribution in [0.4, 0.5) is 0 Å². The van der Waals surface area contributed by atoms with Gasteiger partial charge in [0.15, 0.2) is 0 Å². The molecule has 0 unspecified atom stereocenters. The molecule has 0 aromatic heterocycles. The van der Waals surface area contributed by atoms with Crippen LogP contribution in [0.1, 0.15) is 32.8 Å². The molecule has 0 bridgehead atoms. The first-order valence-electron chi connectivity index (χ1n) is 7.06. The van der Waals surface area contributed by atoms with Gasteiger partial charge in [-0.2, -0.15) is 0 Å². The van der Waals surface area contributed by atoms with Crippen molar-refractivity contribution in [2.24, 2.45) is 11.1 Å². The topological polar surface area (TPSA) is 38.5 Å². The number of nitrogens with two attached hydrogens (primary N) is 1. The van der Waals surface area contributed by atoms with Crippen molar-refractivity contribution in [2.45, 2.75) is 33.7 Å². The van der Waals surface area contributed by atoms with E-state index in [2.05, 4.69) is 37.8 Å². The van der Waals surface area contributed by atoms with E-state index in [1.165, 1.54) is 5.56 Å². The summed E-state index contributed by atoms with van der Waals surface area (Å²) in [5.41, 5.74) is 7.24. The number of rotatable bonds is 8. The predicted octanol–water partition coefficient (Wildman–Crippen LogP) is 2.89. The first-order valence-corrected chi connectivity index (χ1v) is 7.06. The zero-order valence-corrected chi connectivity index (χ0v) is 12.8. The van der Waals surface area contributed by atoms with Crippen molar-refractivity contribution in [3.05, 3.63) is 29.8 Å². The molecule has 0 aliphatic heterocycles. The molecule has 0 aliphatic carbocycles. The number of hydrogen-bond acceptors (Lipinski definition) is 3. The molecule has 0 amide bonds. The summed E-state index contributed by atoms with van der Waals surface area (Å²) >= 11 is 0. The molecule has 2 N–H and O–H groups in total. The van der Waals surface area contributed by atoms with Crippen molar-refractivity contribution in [3.8, 4) is 5.75 Å². The van der Waals surface area contributed by atoms with Crippen LogP contribution in [0.15, 0.2) is 24.3 Å². The van der Waals surface area contributed by atoms with Gasteiger partial charge in [-0.1, -0.05) is 39.0 Å². The van der Waals surface area contributed by atoms with Crippen LogP contribution in [-0.2, 0) is 6.54 Å². The Hall–Kier alpha value is -1.06. The lowest BCUT2D eigenvalue weighted by molar-refractivity contribution is 0.174. The largest absolute Gasteiger partial charge is 0.496 e. The number of hydrogen-bond donors (Lipinski definition) is 1. The molecule has 0 saturated carbocycles. The molecule has 1 aromatic rings. The van der Waals surface area contributed by atoms with Crippen molar-refractivity contribution in [1.29, 1.82) is 0 Å². The zero-order chi connectivity index (χ0) is 14.3. The molecular weight excluding hydrogens is 236 g/mol. The van der Waals surface area contributed by atoms with Crippen LogP contribution in [-0.4, -0.2) is 31.6 Å². The van der Waals surface area contributed by atoms with E-state index in [4.69, 9.17) is 10.5 Å². The van der Waals surface area contributed by atoms with Gasteiger partial charge in [0, 0.05) is 18.7 Å². The minimum Gasteiger partial charge on any atom is -0.496 e. The van der Waals surface area contributed by atoms with Crippen LogP contribution in [0.25, 0.3) is 0 Å². The fraction of sp³-hybridized carbons (Fsp3) is 0.625. The molecule has 0 fully saturated rings. The maximum atomic E-state index is 5.85. The number of nitrogens with zero attached hydrogens (tertiary/aromatic N) is 1. The Morgan fingerprint density at radius 3 is 2.53 bits per heavy atom. The van der Waals surface area contributed by atoms with E-state index in [-0.39, 0.29) is 5.41 Å². The Balaban J connectivity index is 2.77. The Morgan fingerprint density at radius 2 is 1.95 bits per heavy atom. The maximum Gasteiger partial charge on any atom is 0.123 e. The lowest BCUT2D eigenvalue weighted by atomic mass is 9.93. The highest BCUT2D eigenvalue weighted by molar-refractivity contribution is 5.33. The molecule has 0 aliphatic rings. The molecule has 0 radical (unpaired) electrons. The Morgan fingerprint density at radius 1 is 1.26 bits per heavy atom. The van der Waals surface area contributed by atoms with Gasteiger partial charge in [-0.3, -0.25) is 4.90 Å². The third-order valence-electron chi connectivity index (χ3n) is 3.33. The molecule has 1 rings (SSSR count). The highest BCUT2D eigenvalue weighted by Crippen LogP contribution is 2.22. The molecule has 0 atom stereocenters. The summed E-state index contributed by atoms with van der Waals surface area (Å²) in [6, 6.07) is 8.23. The van der Waals surface area contributed by atoms with Crippen LogP contribution in [0.2, 0.25) is 0 Å². The van der Waals surface area contributed by atoms with Gasteiger partial charge in [-0.05, 0) is 31.0 Å². The Kier molecular flexibility index (Phi) is 6.32. The van der Waals surface area contributed by atoms with Gasteiger partial charge in [0.05, 0.1) is 7.11 Å². The van der Waals surface area contributed by atoms with Gasteiger partial charge in [-0.25, -0.2) is 0 Å². The van der Waals surface area contributed by atoms with Gasteiger partial charge < -0.3 is 10.5 Å². The SMILES string of the molecule is CCCN(Cc1ccccc1OC)CC(C)(C)CN. The van der Waals surface area contributed by atoms with E-state index in [9.17, 15) is 0 Å². The lowest BCUT2D eigenvalue weighted by Crippen LogP contribution is -2.38. The van der Waals surface area contributed by atoms with Crippen LogP contribution in [0.3, 0.4) is 0 Å². The van der Waals surface area contributed by atoms with Crippen molar-refractivity contribution in [1.82, 2.24) is 4.90 Å². The predicted molar refractivity (Wildman–Crippen MR) is 81.4 cm³/mol. The molecular formula is C16H28N2O. The minimum atomic E-state index is 0.150. The van der Waals surface area contributed by atoms with Crippen molar-refractivity contribution < 1.29 is 4.74 Å². The molecule has 3 nitrogen and oxygen atoms in total. The third-order valence-corrected chi connectivity index (χ3v) is 3.33. The smallest absolute Gasteiger partial charge is 0.123 e. The van der Waals surface area contributed by atoms with E-state index in [1.54, 1.807) is 7.11 Å². The molecule has 108 valence electrons. The Bertz CT molecular complexity index is 377. The van der Waals surface area contributed by atoms with Crippen molar-refractivity contribution in [2.75, 3.05) is 26.7 Å². The van der Waals surface area contributed by atoms with Crippen LogP contribution in [0, 0.1) is 5.41 Å². The summed E-state index contributed by atoms with van der Waals surface area (Å²) in [6.45, 7) is 10.4. The lowest BCUT2D eigenvalue weighted by Gasteiger charge is -2.32. The van der Waals surface area contributed by atoms with Crippen LogP contribution in [0.5, 0.6) is 5.75 Å². The van der Waals surface area contributed by atoms with Gasteiger partial charge in [0.2, 0.25) is 0 Å². The van der Waals surface area contributed by atoms with Gasteiger partial charge in [0.25, 0.3) is 0 Å². The fourth-order valence-electron chi connectivity index (χ4n) is 2.27. The Labute approximate surface area is 117 Å². The first kappa shape index (κ1) is 16.0. The monoisotopic (exact) mass is 264 g/mol. The van der Waals surface area contributed by atoms with E-state index in [0.29, 0.717) is 6.54 Å². The summed E-state index contributed by atoms with van der Waals surface area (Å²) in [4.78, 5) is 2.46. The average Bonchev–Trinajstić information content (AvgIpc) is 2.39. The van der Waals surface area contributed by atoms with Gasteiger partial charge in [0.1, 0.15) is 5.75 Å². The summed E-state index contributed by atoms with van der Waals surface area (Å²) in [7, 11) is 1.73. The molecule has 1 aromatic carbocycles. The first-order chi connectivity index (χ1) is 9.02. The molecule has 19 heavy (non-hydrogen) atoms. The third kappa shape index (κ3) is 5.21. The van der Waals surface area contributed by atoms with Crippen LogP contribution < -0.4 is 10.5 Å². The van der Waals surface area contributed by atoms with Crippen LogP contribution >= 0.6 is 0 Å². The highest BCUT2D eigenvalue weighted by Gasteiger charge is 2.20. The summed E-state index contributed by atoms with van der Waals surface area (Å²) in [5, 5.41) is 0. The number of methoxy groups -OCH3 is 1. The van der Waals surface area contributed by atoms with Crippen molar-refractivity contribution >= 4 is 0 Å². The standard InChI is InChI=1S/C16H28N2O/c1-5-10-18(13-16(2,3)12-17)11-14-8-6-7-9-15(14)19-4/h6-9H,5,10-13,17H2,1-4H3. The van der Waals surface area contributed by atoms with E-state index in [1.807, 2.05) is 12.1 Å². The quantitative estimate of drug-likeness (QED) is 0.784. The number of benzene rings is 1.